The van der Waals surface area contributed by atoms with Gasteiger partial charge in [-0.25, -0.2) is 4.18 Å². The van der Waals surface area contributed by atoms with E-state index in [-0.39, 0.29) is 47.0 Å². The predicted octanol–water partition coefficient (Wildman–Crippen LogP) is 4.03. The van der Waals surface area contributed by atoms with E-state index in [0.29, 0.717) is 6.42 Å². The fourth-order valence-electron chi connectivity index (χ4n) is 9.66. The van der Waals surface area contributed by atoms with Crippen LogP contribution in [0.5, 0.6) is 0 Å². The number of benzene rings is 2. The Morgan fingerprint density at radius 1 is 0.891 bits per heavy atom. The minimum atomic E-state index is -4.75. The average molecular weight is 671 g/mol. The lowest BCUT2D eigenvalue weighted by Gasteiger charge is -2.73. The van der Waals surface area contributed by atoms with Gasteiger partial charge in [0.1, 0.15) is 23.4 Å². The fraction of sp³-hybridized carbons (Fsp3) is 0.529. The van der Waals surface area contributed by atoms with Crippen molar-refractivity contribution in [2.45, 2.75) is 81.2 Å². The molecule has 4 saturated carbocycles. The van der Waals surface area contributed by atoms with Crippen LogP contribution in [0.15, 0.2) is 70.5 Å². The molecule has 10 nitrogen and oxygen atoms in total. The van der Waals surface area contributed by atoms with E-state index >= 15 is 0 Å². The van der Waals surface area contributed by atoms with Gasteiger partial charge in [-0.05, 0) is 74.3 Å². The molecule has 2 saturated heterocycles. The molecule has 246 valence electrons. The van der Waals surface area contributed by atoms with Crippen LogP contribution in [0.1, 0.15) is 50.7 Å². The van der Waals surface area contributed by atoms with Gasteiger partial charge in [0, 0.05) is 18.3 Å². The molecule has 46 heavy (non-hydrogen) atoms. The number of hydrogen-bond donors (Lipinski definition) is 1. The van der Waals surface area contributed by atoms with Gasteiger partial charge >= 0.3 is 0 Å². The summed E-state index contributed by atoms with van der Waals surface area (Å²) in [5, 5.41) is 12.5. The predicted molar refractivity (Wildman–Crippen MR) is 164 cm³/mol. The molecule has 2 aliphatic heterocycles. The van der Waals surface area contributed by atoms with Gasteiger partial charge < -0.3 is 9.84 Å². The van der Waals surface area contributed by atoms with Crippen molar-refractivity contribution in [3.8, 4) is 0 Å². The van der Waals surface area contributed by atoms with Gasteiger partial charge in [-0.15, -0.1) is 0 Å². The second-order valence-electron chi connectivity index (χ2n) is 14.4. The number of carbonyl (C=O) groups excluding carboxylic acids is 2. The van der Waals surface area contributed by atoms with Crippen LogP contribution in [0.3, 0.4) is 0 Å². The van der Waals surface area contributed by atoms with Gasteiger partial charge in [-0.2, -0.15) is 16.8 Å². The van der Waals surface area contributed by atoms with Crippen LogP contribution >= 0.6 is 0 Å². The molecule has 8 rings (SSSR count). The Morgan fingerprint density at radius 3 is 2.04 bits per heavy atom. The van der Waals surface area contributed by atoms with E-state index in [1.807, 2.05) is 13.8 Å². The minimum Gasteiger partial charge on any atom is -0.387 e. The molecule has 2 spiro atoms. The molecular weight excluding hydrogens is 632 g/mol. The average Bonchev–Trinajstić information content (AvgIpc) is 3.09. The van der Waals surface area contributed by atoms with E-state index in [9.17, 15) is 31.5 Å². The molecule has 2 aromatic rings. The summed E-state index contributed by atoms with van der Waals surface area (Å²) in [6, 6.07) is 11.9. The van der Waals surface area contributed by atoms with Crippen LogP contribution in [0, 0.1) is 47.8 Å². The van der Waals surface area contributed by atoms with Crippen molar-refractivity contribution in [3.05, 3.63) is 71.8 Å². The van der Waals surface area contributed by atoms with Crippen molar-refractivity contribution >= 4 is 31.8 Å². The quantitative estimate of drug-likeness (QED) is 0.353. The van der Waals surface area contributed by atoms with Crippen molar-refractivity contribution in [2.75, 3.05) is 6.61 Å². The SMILES string of the molecule is C=C1C(=O)C23C(CC[C@@H]1[C@H]2OS(=O)(=O)c1ccc(C)cc1)[C@@]12CO[C@@]3(OS(=O)(=O)c3ccc(C)cc3)[C@@H](O)[C@@H]1C(C)(C)CCC2=O. The Bertz CT molecular complexity index is 1880. The van der Waals surface area contributed by atoms with Gasteiger partial charge in [0.05, 0.1) is 21.8 Å². The van der Waals surface area contributed by atoms with Crippen molar-refractivity contribution < 1.29 is 44.6 Å². The van der Waals surface area contributed by atoms with Gasteiger partial charge in [-0.1, -0.05) is 55.8 Å². The normalized spacial score (nSPS) is 38.0. The maximum atomic E-state index is 14.8. The van der Waals surface area contributed by atoms with Crippen LogP contribution in [-0.2, 0) is 42.9 Å². The summed E-state index contributed by atoms with van der Waals surface area (Å²) < 4.78 is 74.5. The minimum absolute atomic E-state index is 0.0288. The summed E-state index contributed by atoms with van der Waals surface area (Å²) in [4.78, 5) is 28.6. The highest BCUT2D eigenvalue weighted by Crippen LogP contribution is 2.77. The van der Waals surface area contributed by atoms with E-state index in [2.05, 4.69) is 6.58 Å². The van der Waals surface area contributed by atoms with Gasteiger partial charge in [0.2, 0.25) is 5.79 Å². The van der Waals surface area contributed by atoms with Crippen molar-refractivity contribution in [2.24, 2.45) is 34.0 Å². The van der Waals surface area contributed by atoms with Crippen molar-refractivity contribution in [1.29, 1.82) is 0 Å². The van der Waals surface area contributed by atoms with E-state index in [0.717, 1.165) is 11.1 Å². The summed E-state index contributed by atoms with van der Waals surface area (Å²) in [6.07, 6.45) is -2.28. The lowest BCUT2D eigenvalue weighted by atomic mass is 9.36. The number of ketones is 2. The molecule has 4 bridgehead atoms. The fourth-order valence-corrected chi connectivity index (χ4v) is 12.0. The Morgan fingerprint density at radius 2 is 1.46 bits per heavy atom. The molecule has 0 aromatic heterocycles. The Balaban J connectivity index is 1.49. The summed E-state index contributed by atoms with van der Waals surface area (Å²) in [5.74, 6) is -6.21. The zero-order chi connectivity index (χ0) is 33.2. The number of ether oxygens (including phenoxy) is 1. The van der Waals surface area contributed by atoms with Crippen LogP contribution in [-0.4, -0.2) is 58.1 Å². The van der Waals surface area contributed by atoms with Gasteiger partial charge in [-0.3, -0.25) is 13.8 Å². The number of rotatable bonds is 6. The third-order valence-electron chi connectivity index (χ3n) is 11.7. The first-order valence-electron chi connectivity index (χ1n) is 15.6. The lowest BCUT2D eigenvalue weighted by molar-refractivity contribution is -0.424. The van der Waals surface area contributed by atoms with Gasteiger partial charge in [0.15, 0.2) is 5.78 Å². The maximum Gasteiger partial charge on any atom is 0.299 e. The second-order valence-corrected chi connectivity index (χ2v) is 17.5. The molecule has 6 fully saturated rings. The zero-order valence-corrected chi connectivity index (χ0v) is 27.8. The first kappa shape index (κ1) is 31.8. The Kier molecular flexibility index (Phi) is 6.85. The topological polar surface area (TPSA) is 150 Å². The summed E-state index contributed by atoms with van der Waals surface area (Å²) in [6.45, 7) is 11.1. The number of aryl methyl sites for hydroxylation is 2. The summed E-state index contributed by atoms with van der Waals surface area (Å²) in [7, 11) is -9.30. The molecule has 0 radical (unpaired) electrons. The standard InChI is InChI=1S/C34H38O10S2/c1-19-6-10-22(11-7-19)45(38,39)43-30-24-14-15-25-32-18-42-34(33(25,30)28(36)21(24)3,29(37)27(32)31(4,5)17-16-26(32)35)44-46(40,41)23-12-8-20(2)9-13-23/h6-13,24-25,27,29-30,37H,3,14-18H2,1-2,4-5H3/t24-,25?,27+,29-,30+,32+,33?,34+/m0/s1. The largest absolute Gasteiger partial charge is 0.387 e. The number of Topliss-reactive ketones (excluding diaryl/α,β-unsaturated/α-hetero) is 2. The molecule has 2 heterocycles. The van der Waals surface area contributed by atoms with Gasteiger partial charge in [0.25, 0.3) is 20.2 Å². The first-order valence-corrected chi connectivity index (χ1v) is 18.4. The highest BCUT2D eigenvalue weighted by atomic mass is 32.2. The van der Waals surface area contributed by atoms with Crippen LogP contribution in [0.2, 0.25) is 0 Å². The van der Waals surface area contributed by atoms with Crippen molar-refractivity contribution in [1.82, 2.24) is 0 Å². The lowest BCUT2D eigenvalue weighted by Crippen LogP contribution is -2.86. The third-order valence-corrected chi connectivity index (χ3v) is 14.3. The summed E-state index contributed by atoms with van der Waals surface area (Å²) >= 11 is 0. The number of aliphatic hydroxyl groups is 1. The van der Waals surface area contributed by atoms with Crippen molar-refractivity contribution in [3.63, 3.8) is 0 Å². The number of carbonyl (C=O) groups is 2. The highest BCUT2D eigenvalue weighted by molar-refractivity contribution is 7.87. The molecule has 2 unspecified atom stereocenters. The van der Waals surface area contributed by atoms with E-state index in [1.165, 1.54) is 24.3 Å². The third kappa shape index (κ3) is 3.88. The van der Waals surface area contributed by atoms with E-state index in [4.69, 9.17) is 13.1 Å². The number of fused-ring (bicyclic) bond motifs is 2. The number of aliphatic hydroxyl groups excluding tert-OH is 1. The first-order chi connectivity index (χ1) is 21.5. The molecule has 4 aliphatic carbocycles. The molecular formula is C34H38O10S2. The van der Waals surface area contributed by atoms with E-state index in [1.54, 1.807) is 38.1 Å². The van der Waals surface area contributed by atoms with Crippen LogP contribution in [0.4, 0.5) is 0 Å². The zero-order valence-electron chi connectivity index (χ0n) is 26.2. The number of hydrogen-bond acceptors (Lipinski definition) is 10. The van der Waals surface area contributed by atoms with Crippen LogP contribution in [0.25, 0.3) is 0 Å². The van der Waals surface area contributed by atoms with E-state index < -0.39 is 78.0 Å². The molecule has 1 N–H and O–H groups in total. The summed E-state index contributed by atoms with van der Waals surface area (Å²) in [5.41, 5.74) is -2.69. The maximum absolute atomic E-state index is 14.8. The molecule has 12 heteroatoms. The Labute approximate surface area is 269 Å². The molecule has 2 aromatic carbocycles. The Hall–Kier alpha value is -2.74. The monoisotopic (exact) mass is 670 g/mol. The van der Waals surface area contributed by atoms with Crippen LogP contribution < -0.4 is 0 Å². The molecule has 0 amide bonds. The highest BCUT2D eigenvalue weighted by Gasteiger charge is 2.89. The molecule has 6 aliphatic rings. The smallest absolute Gasteiger partial charge is 0.299 e. The molecule has 8 atom stereocenters. The second kappa shape index (κ2) is 9.90.